The molecule has 1 aromatic carbocycles. The number of benzene rings is 1. The highest BCUT2D eigenvalue weighted by atomic mass is 32.2. The molecule has 0 atom stereocenters. The van der Waals surface area contributed by atoms with Crippen LogP contribution in [0.15, 0.2) is 33.9 Å². The number of nitrogens with zero attached hydrogens (tertiary/aromatic N) is 2. The number of aromatic nitrogens is 2. The number of thioether (sulfide) groups is 1. The van der Waals surface area contributed by atoms with Crippen LogP contribution < -0.4 is 10.1 Å². The van der Waals surface area contributed by atoms with E-state index in [1.165, 1.54) is 11.3 Å². The summed E-state index contributed by atoms with van der Waals surface area (Å²) in [6.07, 6.45) is 0. The Hall–Kier alpha value is -2.85. The lowest BCUT2D eigenvalue weighted by atomic mass is 10.1. The minimum atomic E-state index is -0.443. The number of anilines is 1. The van der Waals surface area contributed by atoms with Crippen LogP contribution in [-0.2, 0) is 9.53 Å². The maximum Gasteiger partial charge on any atom is 0.341 e. The molecule has 1 amide bonds. The molecule has 0 bridgehead atoms. The first-order valence-corrected chi connectivity index (χ1v) is 11.5. The number of carbonyl (C=O) groups is 2. The fraction of sp³-hybridized carbons (Fsp3) is 0.333. The van der Waals surface area contributed by atoms with Crippen molar-refractivity contribution in [1.29, 1.82) is 0 Å². The molecule has 0 unspecified atom stereocenters. The number of hydrogen-bond acceptors (Lipinski definition) is 9. The van der Waals surface area contributed by atoms with E-state index in [4.69, 9.17) is 13.9 Å². The Bertz CT molecular complexity index is 1080. The molecule has 0 aliphatic heterocycles. The number of ether oxygens (including phenoxy) is 2. The Balaban J connectivity index is 1.66. The normalized spacial score (nSPS) is 10.7. The van der Waals surface area contributed by atoms with Crippen LogP contribution in [0.5, 0.6) is 5.75 Å². The molecule has 10 heteroatoms. The largest absolute Gasteiger partial charge is 0.493 e. The van der Waals surface area contributed by atoms with Crippen molar-refractivity contribution in [2.24, 2.45) is 0 Å². The van der Waals surface area contributed by atoms with Gasteiger partial charge < -0.3 is 19.2 Å². The van der Waals surface area contributed by atoms with Crippen LogP contribution in [0.1, 0.15) is 34.6 Å². The number of esters is 1. The van der Waals surface area contributed by atoms with Gasteiger partial charge in [0.05, 0.1) is 30.1 Å². The van der Waals surface area contributed by atoms with E-state index in [-0.39, 0.29) is 23.5 Å². The van der Waals surface area contributed by atoms with Crippen molar-refractivity contribution in [3.8, 4) is 17.2 Å². The number of thiophene rings is 1. The lowest BCUT2D eigenvalue weighted by Crippen LogP contribution is -2.16. The smallest absolute Gasteiger partial charge is 0.341 e. The molecule has 0 aliphatic carbocycles. The van der Waals surface area contributed by atoms with Gasteiger partial charge in [-0.3, -0.25) is 4.79 Å². The molecule has 0 saturated carbocycles. The predicted molar refractivity (Wildman–Crippen MR) is 120 cm³/mol. The highest BCUT2D eigenvalue weighted by Gasteiger charge is 2.22. The highest BCUT2D eigenvalue weighted by Crippen LogP contribution is 2.34. The van der Waals surface area contributed by atoms with Crippen molar-refractivity contribution in [2.75, 3.05) is 24.3 Å². The van der Waals surface area contributed by atoms with E-state index in [0.717, 1.165) is 22.2 Å². The molecule has 8 nitrogen and oxygen atoms in total. The summed E-state index contributed by atoms with van der Waals surface area (Å²) in [6, 6.07) is 7.38. The summed E-state index contributed by atoms with van der Waals surface area (Å²) in [5, 5.41) is 11.6. The van der Waals surface area contributed by atoms with Gasteiger partial charge in [0.15, 0.2) is 0 Å². The zero-order valence-corrected chi connectivity index (χ0v) is 19.3. The maximum absolute atomic E-state index is 12.5. The molecule has 0 aliphatic rings. The molecule has 2 heterocycles. The summed E-state index contributed by atoms with van der Waals surface area (Å²) in [5.74, 6) is 0.291. The predicted octanol–water partition coefficient (Wildman–Crippen LogP) is 4.72. The van der Waals surface area contributed by atoms with Gasteiger partial charge in [0.25, 0.3) is 11.1 Å². The zero-order valence-electron chi connectivity index (χ0n) is 17.7. The van der Waals surface area contributed by atoms with E-state index in [0.29, 0.717) is 34.4 Å². The number of rotatable bonds is 9. The third-order valence-electron chi connectivity index (χ3n) is 4.27. The first-order chi connectivity index (χ1) is 14.9. The number of aryl methyl sites for hydroxylation is 1. The van der Waals surface area contributed by atoms with Crippen LogP contribution in [0.4, 0.5) is 5.00 Å². The van der Waals surface area contributed by atoms with Crippen LogP contribution in [-0.4, -0.2) is 41.0 Å². The minimum absolute atomic E-state index is 0.0486. The lowest BCUT2D eigenvalue weighted by molar-refractivity contribution is -0.113. The number of carbonyl (C=O) groups excluding carboxylic acids is 2. The summed E-state index contributed by atoms with van der Waals surface area (Å²) < 4.78 is 16.4. The van der Waals surface area contributed by atoms with Crippen LogP contribution in [0.3, 0.4) is 0 Å². The summed E-state index contributed by atoms with van der Waals surface area (Å²) in [4.78, 5) is 25.7. The van der Waals surface area contributed by atoms with Crippen LogP contribution in [0.2, 0.25) is 0 Å². The second kappa shape index (κ2) is 10.5. The van der Waals surface area contributed by atoms with Gasteiger partial charge in [0.2, 0.25) is 5.91 Å². The van der Waals surface area contributed by atoms with Crippen molar-refractivity contribution in [3.63, 3.8) is 0 Å². The number of nitrogens with one attached hydrogen (secondary N) is 1. The standard InChI is InChI=1S/C21H23N3O5S2/c1-5-27-15-10-8-7-9-14(15)18-23-24-21(29-18)30-11-16(25)22-19-17(20(26)28-6-2)12(3)13(4)31-19/h7-10H,5-6,11H2,1-4H3,(H,22,25). The average Bonchev–Trinajstić information content (AvgIpc) is 3.32. The van der Waals surface area contributed by atoms with Gasteiger partial charge in [-0.25, -0.2) is 4.79 Å². The monoisotopic (exact) mass is 461 g/mol. The van der Waals surface area contributed by atoms with Gasteiger partial charge >= 0.3 is 5.97 Å². The second-order valence-electron chi connectivity index (χ2n) is 6.35. The summed E-state index contributed by atoms with van der Waals surface area (Å²) in [7, 11) is 0. The molecular weight excluding hydrogens is 438 g/mol. The number of amides is 1. The van der Waals surface area contributed by atoms with E-state index >= 15 is 0 Å². The van der Waals surface area contributed by atoms with E-state index in [1.54, 1.807) is 6.92 Å². The average molecular weight is 462 g/mol. The summed E-state index contributed by atoms with van der Waals surface area (Å²) >= 11 is 2.46. The van der Waals surface area contributed by atoms with E-state index in [1.807, 2.05) is 45.0 Å². The fourth-order valence-electron chi connectivity index (χ4n) is 2.76. The maximum atomic E-state index is 12.5. The van der Waals surface area contributed by atoms with Crippen molar-refractivity contribution >= 4 is 40.0 Å². The molecule has 0 spiro atoms. The molecule has 0 fully saturated rings. The third kappa shape index (κ3) is 5.45. The molecule has 164 valence electrons. The van der Waals surface area contributed by atoms with Gasteiger partial charge in [-0.1, -0.05) is 23.9 Å². The van der Waals surface area contributed by atoms with Crippen molar-refractivity contribution in [3.05, 3.63) is 40.3 Å². The topological polar surface area (TPSA) is 104 Å². The Morgan fingerprint density at radius 3 is 2.68 bits per heavy atom. The quantitative estimate of drug-likeness (QED) is 0.361. The molecule has 0 radical (unpaired) electrons. The van der Waals surface area contributed by atoms with Gasteiger partial charge in [-0.2, -0.15) is 0 Å². The molecule has 3 rings (SSSR count). The van der Waals surface area contributed by atoms with Crippen LogP contribution in [0.25, 0.3) is 11.5 Å². The zero-order chi connectivity index (χ0) is 22.4. The van der Waals surface area contributed by atoms with Crippen LogP contribution >= 0.6 is 23.1 Å². The molecule has 3 aromatic rings. The first-order valence-electron chi connectivity index (χ1n) is 9.70. The molecule has 31 heavy (non-hydrogen) atoms. The highest BCUT2D eigenvalue weighted by molar-refractivity contribution is 7.99. The Morgan fingerprint density at radius 1 is 1.16 bits per heavy atom. The van der Waals surface area contributed by atoms with Crippen LogP contribution in [0, 0.1) is 13.8 Å². The van der Waals surface area contributed by atoms with E-state index in [9.17, 15) is 9.59 Å². The lowest BCUT2D eigenvalue weighted by Gasteiger charge is -2.06. The first kappa shape index (κ1) is 22.8. The Kier molecular flexibility index (Phi) is 7.69. The third-order valence-corrected chi connectivity index (χ3v) is 6.21. The van der Waals surface area contributed by atoms with Gasteiger partial charge in [-0.15, -0.1) is 21.5 Å². The van der Waals surface area contributed by atoms with Crippen molar-refractivity contribution in [2.45, 2.75) is 32.9 Å². The van der Waals surface area contributed by atoms with Crippen molar-refractivity contribution < 1.29 is 23.5 Å². The second-order valence-corrected chi connectivity index (χ2v) is 8.50. The van der Waals surface area contributed by atoms with Gasteiger partial charge in [-0.05, 0) is 45.4 Å². The molecule has 1 N–H and O–H groups in total. The van der Waals surface area contributed by atoms with E-state index in [2.05, 4.69) is 15.5 Å². The van der Waals surface area contributed by atoms with Gasteiger partial charge in [0, 0.05) is 4.88 Å². The summed E-state index contributed by atoms with van der Waals surface area (Å²) in [6.45, 7) is 8.15. The minimum Gasteiger partial charge on any atom is -0.493 e. The number of hydrogen-bond donors (Lipinski definition) is 1. The summed E-state index contributed by atoms with van der Waals surface area (Å²) in [5.41, 5.74) is 1.90. The van der Waals surface area contributed by atoms with Crippen molar-refractivity contribution in [1.82, 2.24) is 10.2 Å². The van der Waals surface area contributed by atoms with E-state index < -0.39 is 5.97 Å². The Labute approximate surface area is 188 Å². The molecule has 2 aromatic heterocycles. The molecule has 0 saturated heterocycles. The fourth-order valence-corrected chi connectivity index (χ4v) is 4.38. The Morgan fingerprint density at radius 2 is 1.94 bits per heavy atom. The number of para-hydroxylation sites is 1. The molecular formula is C21H23N3O5S2. The van der Waals surface area contributed by atoms with Gasteiger partial charge in [0.1, 0.15) is 10.8 Å². The SMILES string of the molecule is CCOC(=O)c1c(NC(=O)CSc2nnc(-c3ccccc3OCC)o2)sc(C)c1C.